The number of aromatic nitrogens is 4. The molecule has 5 rings (SSSR count). The van der Waals surface area contributed by atoms with Crippen LogP contribution in [0.4, 0.5) is 10.9 Å². The standard InChI is InChI=1S/C21H18N6O7S.C5H10O/c1-10(28)23-15-7-8-22-27(15)21-26-25-20(35-21)24-18(30)14-9-11(17(29)19(31)34-14)16-12(32-2)5-4-6-13(16)33-3;6-5-3-1-2-4-5/h4-9,29H,1-3H3,(H,23,28)(H,24,25,30);5-6H,1-4H2. The Balaban J connectivity index is 0.000000572. The zero-order valence-electron chi connectivity index (χ0n) is 22.4. The smallest absolute Gasteiger partial charge is 0.379 e. The lowest BCUT2D eigenvalue weighted by Gasteiger charge is -2.14. The van der Waals surface area contributed by atoms with Gasteiger partial charge in [-0.2, -0.15) is 9.78 Å². The van der Waals surface area contributed by atoms with Gasteiger partial charge in [0.05, 0.1) is 32.1 Å². The van der Waals surface area contributed by atoms with E-state index in [9.17, 15) is 19.5 Å². The largest absolute Gasteiger partial charge is 0.501 e. The van der Waals surface area contributed by atoms with Crippen molar-refractivity contribution in [1.82, 2.24) is 20.0 Å². The van der Waals surface area contributed by atoms with Gasteiger partial charge in [-0.25, -0.2) is 4.79 Å². The van der Waals surface area contributed by atoms with Crippen molar-refractivity contribution < 1.29 is 33.7 Å². The van der Waals surface area contributed by atoms with Crippen LogP contribution in [0.1, 0.15) is 43.2 Å². The summed E-state index contributed by atoms with van der Waals surface area (Å²) in [6.45, 7) is 1.35. The number of anilines is 2. The van der Waals surface area contributed by atoms with Crippen molar-refractivity contribution in [2.75, 3.05) is 24.9 Å². The minimum Gasteiger partial charge on any atom is -0.501 e. The van der Waals surface area contributed by atoms with Gasteiger partial charge in [0.2, 0.25) is 21.9 Å². The molecular formula is C26H28N6O8S. The lowest BCUT2D eigenvalue weighted by Crippen LogP contribution is -2.15. The molecule has 41 heavy (non-hydrogen) atoms. The number of carbonyl (C=O) groups is 2. The van der Waals surface area contributed by atoms with Gasteiger partial charge in [0, 0.05) is 18.6 Å². The average Bonchev–Trinajstić information content (AvgIpc) is 3.72. The molecule has 3 aromatic heterocycles. The molecule has 216 valence electrons. The molecular weight excluding hydrogens is 556 g/mol. The summed E-state index contributed by atoms with van der Waals surface area (Å²) in [6.07, 6.45) is 6.07. The number of carbonyl (C=O) groups excluding carboxylic acids is 2. The topological polar surface area (TPSA) is 191 Å². The van der Waals surface area contributed by atoms with Crippen LogP contribution in [0.5, 0.6) is 17.2 Å². The number of aliphatic hydroxyl groups is 1. The van der Waals surface area contributed by atoms with E-state index in [1.807, 2.05) is 0 Å². The molecule has 1 fully saturated rings. The summed E-state index contributed by atoms with van der Waals surface area (Å²) in [6, 6.07) is 7.65. The van der Waals surface area contributed by atoms with E-state index < -0.39 is 23.0 Å². The number of hydrogen-bond donors (Lipinski definition) is 4. The fourth-order valence-electron chi connectivity index (χ4n) is 4.05. The third-order valence-electron chi connectivity index (χ3n) is 5.94. The van der Waals surface area contributed by atoms with Crippen LogP contribution in [0.25, 0.3) is 16.3 Å². The summed E-state index contributed by atoms with van der Waals surface area (Å²) in [7, 11) is 2.83. The predicted molar refractivity (Wildman–Crippen MR) is 149 cm³/mol. The predicted octanol–water partition coefficient (Wildman–Crippen LogP) is 3.20. The summed E-state index contributed by atoms with van der Waals surface area (Å²) >= 11 is 0.961. The van der Waals surface area contributed by atoms with E-state index in [1.165, 1.54) is 50.9 Å². The molecule has 4 aromatic rings. The van der Waals surface area contributed by atoms with E-state index in [4.69, 9.17) is 19.0 Å². The Morgan fingerprint density at radius 2 is 1.78 bits per heavy atom. The Bertz CT molecular complexity index is 1570. The first-order chi connectivity index (χ1) is 19.7. The fraction of sp³-hybridized carbons (Fsp3) is 0.308. The zero-order chi connectivity index (χ0) is 29.5. The number of nitrogens with zero attached hydrogens (tertiary/aromatic N) is 4. The normalized spacial score (nSPS) is 12.8. The Kier molecular flexibility index (Phi) is 9.31. The van der Waals surface area contributed by atoms with Gasteiger partial charge >= 0.3 is 5.63 Å². The van der Waals surface area contributed by atoms with Gasteiger partial charge in [-0.05, 0) is 31.0 Å². The minimum atomic E-state index is -1.13. The van der Waals surface area contributed by atoms with E-state index in [0.29, 0.717) is 17.3 Å². The van der Waals surface area contributed by atoms with Crippen LogP contribution >= 0.6 is 11.3 Å². The van der Waals surface area contributed by atoms with Crippen LogP contribution in [-0.2, 0) is 4.79 Å². The first kappa shape index (κ1) is 29.2. The van der Waals surface area contributed by atoms with E-state index in [1.54, 1.807) is 24.3 Å². The second-order valence-electron chi connectivity index (χ2n) is 8.79. The third kappa shape index (κ3) is 6.88. The van der Waals surface area contributed by atoms with Crippen molar-refractivity contribution in [3.63, 3.8) is 0 Å². The third-order valence-corrected chi connectivity index (χ3v) is 6.75. The molecule has 0 unspecified atom stereocenters. The Morgan fingerprint density at radius 3 is 2.37 bits per heavy atom. The summed E-state index contributed by atoms with van der Waals surface area (Å²) in [4.78, 5) is 36.5. The molecule has 0 aliphatic heterocycles. The SMILES string of the molecule is COc1cccc(OC)c1-c1cc(C(=O)Nc2nnc(-n3nccc3NC(C)=O)s2)oc(=O)c1O.OC1CCCC1. The molecule has 0 spiro atoms. The molecule has 4 N–H and O–H groups in total. The van der Waals surface area contributed by atoms with Gasteiger partial charge in [-0.15, -0.1) is 10.2 Å². The van der Waals surface area contributed by atoms with Crippen LogP contribution in [0, 0.1) is 0 Å². The van der Waals surface area contributed by atoms with Crippen LogP contribution < -0.4 is 25.7 Å². The first-order valence-electron chi connectivity index (χ1n) is 12.4. The first-order valence-corrected chi connectivity index (χ1v) is 13.3. The summed E-state index contributed by atoms with van der Waals surface area (Å²) < 4.78 is 17.0. The van der Waals surface area contributed by atoms with Gasteiger partial charge in [-0.3, -0.25) is 14.9 Å². The van der Waals surface area contributed by atoms with E-state index in [-0.39, 0.29) is 33.4 Å². The van der Waals surface area contributed by atoms with Gasteiger partial charge in [0.15, 0.2) is 5.76 Å². The highest BCUT2D eigenvalue weighted by molar-refractivity contribution is 7.17. The molecule has 0 saturated heterocycles. The molecule has 15 heteroatoms. The summed E-state index contributed by atoms with van der Waals surface area (Å²) in [5.74, 6) is -1.25. The highest BCUT2D eigenvalue weighted by Crippen LogP contribution is 2.41. The van der Waals surface area contributed by atoms with Crippen molar-refractivity contribution in [1.29, 1.82) is 0 Å². The second-order valence-corrected chi connectivity index (χ2v) is 9.75. The van der Waals surface area contributed by atoms with Crippen LogP contribution in [-0.4, -0.2) is 62.3 Å². The molecule has 0 radical (unpaired) electrons. The number of rotatable bonds is 7. The highest BCUT2D eigenvalue weighted by Gasteiger charge is 2.23. The molecule has 1 saturated carbocycles. The minimum absolute atomic E-state index is 0.0184. The van der Waals surface area contributed by atoms with Gasteiger partial charge in [0.1, 0.15) is 17.3 Å². The van der Waals surface area contributed by atoms with Gasteiger partial charge in [-0.1, -0.05) is 30.2 Å². The van der Waals surface area contributed by atoms with Crippen LogP contribution in [0.15, 0.2) is 45.7 Å². The number of amides is 2. The molecule has 0 atom stereocenters. The van der Waals surface area contributed by atoms with Gasteiger partial charge < -0.3 is 29.4 Å². The monoisotopic (exact) mass is 584 g/mol. The molecule has 0 bridgehead atoms. The number of nitrogens with one attached hydrogen (secondary N) is 2. The number of aliphatic hydroxyl groups excluding tert-OH is 1. The Morgan fingerprint density at radius 1 is 1.10 bits per heavy atom. The lowest BCUT2D eigenvalue weighted by atomic mass is 10.0. The summed E-state index contributed by atoms with van der Waals surface area (Å²) in [5.41, 5.74) is -0.885. The van der Waals surface area contributed by atoms with Crippen molar-refractivity contribution in [3.8, 4) is 33.5 Å². The molecule has 3 heterocycles. The summed E-state index contributed by atoms with van der Waals surface area (Å²) in [5, 5.41) is 36.4. The molecule has 14 nitrogen and oxygen atoms in total. The number of benzene rings is 1. The second kappa shape index (κ2) is 13.1. The lowest BCUT2D eigenvalue weighted by molar-refractivity contribution is -0.114. The van der Waals surface area contributed by atoms with Crippen LogP contribution in [0.2, 0.25) is 0 Å². The van der Waals surface area contributed by atoms with E-state index in [2.05, 4.69) is 25.9 Å². The molecule has 1 aliphatic rings. The number of ether oxygens (including phenoxy) is 2. The van der Waals surface area contributed by atoms with Crippen molar-refractivity contribution in [3.05, 3.63) is 52.7 Å². The molecule has 1 aromatic carbocycles. The van der Waals surface area contributed by atoms with Gasteiger partial charge in [0.25, 0.3) is 5.91 Å². The quantitative estimate of drug-likeness (QED) is 0.249. The van der Waals surface area contributed by atoms with E-state index in [0.717, 1.165) is 24.2 Å². The zero-order valence-corrected chi connectivity index (χ0v) is 23.2. The average molecular weight is 585 g/mol. The number of methoxy groups -OCH3 is 2. The number of hydrogen-bond acceptors (Lipinski definition) is 12. The van der Waals surface area contributed by atoms with E-state index >= 15 is 0 Å². The number of aromatic hydroxyl groups is 1. The maximum absolute atomic E-state index is 12.8. The van der Waals surface area contributed by atoms with Crippen molar-refractivity contribution in [2.45, 2.75) is 38.7 Å². The van der Waals surface area contributed by atoms with Crippen molar-refractivity contribution in [2.24, 2.45) is 0 Å². The maximum atomic E-state index is 12.8. The molecule has 2 amide bonds. The maximum Gasteiger partial charge on any atom is 0.379 e. The Hall–Kier alpha value is -4.76. The fourth-order valence-corrected chi connectivity index (χ4v) is 4.76. The van der Waals surface area contributed by atoms with Crippen LogP contribution in [0.3, 0.4) is 0 Å². The highest BCUT2D eigenvalue weighted by atomic mass is 32.1. The Labute approximate surface area is 237 Å². The van der Waals surface area contributed by atoms with Crippen molar-refractivity contribution >= 4 is 34.1 Å². The molecule has 1 aliphatic carbocycles.